The molecule has 0 aliphatic carbocycles. The number of methoxy groups -OCH3 is 1. The molecule has 2 aromatic rings. The molecular formula is C9H11N5O3. The molecular weight excluding hydrogens is 226 g/mol. The molecule has 0 aliphatic heterocycles. The number of hydrogen-bond acceptors (Lipinski definition) is 7. The van der Waals surface area contributed by atoms with Crippen LogP contribution in [0.3, 0.4) is 0 Å². The van der Waals surface area contributed by atoms with Gasteiger partial charge in [0.05, 0.1) is 7.11 Å². The van der Waals surface area contributed by atoms with E-state index in [1.165, 1.54) is 11.7 Å². The SMILES string of the molecule is [3H]Cn1c(OC(=O)OC)nc2c(N)nc(C)nc21. The summed E-state index contributed by atoms with van der Waals surface area (Å²) in [4.78, 5) is 23.1. The molecule has 90 valence electrons. The molecule has 0 radical (unpaired) electrons. The fraction of sp³-hybridized carbons (Fsp3) is 0.333. The topological polar surface area (TPSA) is 105 Å². The van der Waals surface area contributed by atoms with Gasteiger partial charge in [-0.25, -0.2) is 14.8 Å². The lowest BCUT2D eigenvalue weighted by molar-refractivity contribution is 0.116. The van der Waals surface area contributed by atoms with Crippen molar-refractivity contribution in [3.05, 3.63) is 5.82 Å². The van der Waals surface area contributed by atoms with Gasteiger partial charge >= 0.3 is 12.2 Å². The standard InChI is InChI=1S/C9H11N5O3/c1-4-11-6(10)5-7(12-4)14(2)8(13-5)17-9(15)16-3/h1-3H3,(H2,10,11,12)/i2T. The fourth-order valence-corrected chi connectivity index (χ4v) is 1.31. The molecule has 8 nitrogen and oxygen atoms in total. The van der Waals surface area contributed by atoms with Crippen LogP contribution in [-0.4, -0.2) is 32.8 Å². The highest BCUT2D eigenvalue weighted by molar-refractivity contribution is 5.83. The molecule has 2 heterocycles. The number of nitrogen functional groups attached to an aromatic ring is 1. The molecule has 2 aromatic heterocycles. The van der Waals surface area contributed by atoms with Crippen LogP contribution in [0.5, 0.6) is 6.01 Å². The van der Waals surface area contributed by atoms with Crippen LogP contribution in [0.15, 0.2) is 0 Å². The quantitative estimate of drug-likeness (QED) is 0.718. The Morgan fingerprint density at radius 1 is 1.47 bits per heavy atom. The van der Waals surface area contributed by atoms with E-state index in [-0.39, 0.29) is 24.4 Å². The van der Waals surface area contributed by atoms with Gasteiger partial charge in [-0.15, -0.1) is 0 Å². The van der Waals surface area contributed by atoms with E-state index in [0.717, 1.165) is 0 Å². The first kappa shape index (κ1) is 9.82. The Hall–Kier alpha value is -2.38. The molecule has 0 fully saturated rings. The molecule has 0 saturated carbocycles. The zero-order valence-corrected chi connectivity index (χ0v) is 9.30. The molecule has 0 bridgehead atoms. The summed E-state index contributed by atoms with van der Waals surface area (Å²) in [6, 6.07) is -0.0987. The normalized spacial score (nSPS) is 11.3. The van der Waals surface area contributed by atoms with Gasteiger partial charge < -0.3 is 15.2 Å². The van der Waals surface area contributed by atoms with Gasteiger partial charge in [0.1, 0.15) is 5.82 Å². The van der Waals surface area contributed by atoms with Crippen molar-refractivity contribution in [3.8, 4) is 6.01 Å². The first-order valence-corrected chi connectivity index (χ1v) is 4.62. The number of nitrogens with zero attached hydrogens (tertiary/aromatic N) is 4. The van der Waals surface area contributed by atoms with E-state index in [1.807, 2.05) is 0 Å². The van der Waals surface area contributed by atoms with Crippen molar-refractivity contribution in [2.75, 3.05) is 12.8 Å². The lowest BCUT2D eigenvalue weighted by Crippen LogP contribution is -2.10. The number of aromatic nitrogens is 4. The Morgan fingerprint density at radius 3 is 2.88 bits per heavy atom. The number of carbonyl (C=O) groups is 1. The van der Waals surface area contributed by atoms with E-state index in [1.54, 1.807) is 6.92 Å². The van der Waals surface area contributed by atoms with E-state index in [0.29, 0.717) is 11.5 Å². The fourth-order valence-electron chi connectivity index (χ4n) is 1.31. The maximum atomic E-state index is 11.1. The minimum absolute atomic E-state index is 0.0987. The summed E-state index contributed by atoms with van der Waals surface area (Å²) in [6.07, 6.45) is -0.928. The molecule has 2 rings (SSSR count). The second-order valence-corrected chi connectivity index (χ2v) is 3.21. The number of ether oxygens (including phenoxy) is 2. The van der Waals surface area contributed by atoms with Gasteiger partial charge in [-0.3, -0.25) is 4.57 Å². The van der Waals surface area contributed by atoms with Crippen LogP contribution in [-0.2, 0) is 11.8 Å². The number of fused-ring (bicyclic) bond motifs is 1. The number of nitrogens with two attached hydrogens (primary N) is 1. The zero-order chi connectivity index (χ0) is 13.3. The van der Waals surface area contributed by atoms with Crippen LogP contribution >= 0.6 is 0 Å². The number of imidazole rings is 1. The number of carbonyl (C=O) groups excluding carboxylic acids is 1. The van der Waals surface area contributed by atoms with E-state index in [2.05, 4.69) is 19.7 Å². The summed E-state index contributed by atoms with van der Waals surface area (Å²) in [5.74, 6) is 0.610. The van der Waals surface area contributed by atoms with E-state index >= 15 is 0 Å². The molecule has 0 aliphatic rings. The molecule has 0 saturated heterocycles. The second-order valence-electron chi connectivity index (χ2n) is 3.21. The van der Waals surface area contributed by atoms with Crippen LogP contribution in [0.4, 0.5) is 10.6 Å². The summed E-state index contributed by atoms with van der Waals surface area (Å²) < 4.78 is 17.9. The second kappa shape index (κ2) is 3.89. The van der Waals surface area contributed by atoms with Crippen molar-refractivity contribution in [2.24, 2.45) is 7.02 Å². The van der Waals surface area contributed by atoms with Crippen LogP contribution < -0.4 is 10.5 Å². The van der Waals surface area contributed by atoms with Gasteiger partial charge in [-0.2, -0.15) is 4.98 Å². The average Bonchev–Trinajstić information content (AvgIpc) is 2.66. The van der Waals surface area contributed by atoms with Crippen molar-refractivity contribution in [1.82, 2.24) is 19.5 Å². The molecule has 0 spiro atoms. The Balaban J connectivity index is 2.61. The average molecular weight is 239 g/mol. The van der Waals surface area contributed by atoms with Gasteiger partial charge in [-0.05, 0) is 6.92 Å². The highest BCUT2D eigenvalue weighted by atomic mass is 16.7. The van der Waals surface area contributed by atoms with Crippen molar-refractivity contribution >= 4 is 23.1 Å². The van der Waals surface area contributed by atoms with Crippen LogP contribution in [0, 0.1) is 6.92 Å². The third kappa shape index (κ3) is 1.84. The van der Waals surface area contributed by atoms with Gasteiger partial charge in [0.2, 0.25) is 0 Å². The number of rotatable bonds is 1. The summed E-state index contributed by atoms with van der Waals surface area (Å²) >= 11 is 0. The maximum absolute atomic E-state index is 11.1. The minimum Gasteiger partial charge on any atom is -0.437 e. The first-order valence-electron chi connectivity index (χ1n) is 5.33. The maximum Gasteiger partial charge on any atom is 0.516 e. The van der Waals surface area contributed by atoms with Gasteiger partial charge in [-0.1, -0.05) is 0 Å². The van der Waals surface area contributed by atoms with E-state index in [4.69, 9.17) is 11.8 Å². The zero-order valence-electron chi connectivity index (χ0n) is 10.3. The van der Waals surface area contributed by atoms with Crippen molar-refractivity contribution < 1.29 is 15.6 Å². The molecule has 17 heavy (non-hydrogen) atoms. The Bertz CT molecular complexity index is 612. The molecule has 0 unspecified atom stereocenters. The summed E-state index contributed by atoms with van der Waals surface area (Å²) in [5.41, 5.74) is 6.32. The smallest absolute Gasteiger partial charge is 0.437 e. The molecule has 8 heteroatoms. The van der Waals surface area contributed by atoms with Crippen molar-refractivity contribution in [1.29, 1.82) is 0 Å². The molecule has 0 atom stereocenters. The van der Waals surface area contributed by atoms with Gasteiger partial charge in [0.25, 0.3) is 0 Å². The van der Waals surface area contributed by atoms with Crippen molar-refractivity contribution in [2.45, 2.75) is 6.92 Å². The van der Waals surface area contributed by atoms with Crippen LogP contribution in [0.2, 0.25) is 0 Å². The predicted octanol–water partition coefficient (Wildman–Crippen LogP) is 0.399. The summed E-state index contributed by atoms with van der Waals surface area (Å²) in [5, 5.41) is 0. The van der Waals surface area contributed by atoms with Crippen molar-refractivity contribution in [3.63, 3.8) is 0 Å². The Kier molecular flexibility index (Phi) is 2.25. The van der Waals surface area contributed by atoms with Gasteiger partial charge in [0.15, 0.2) is 17.0 Å². The highest BCUT2D eigenvalue weighted by Gasteiger charge is 2.16. The number of anilines is 1. The lowest BCUT2D eigenvalue weighted by Gasteiger charge is -2.01. The van der Waals surface area contributed by atoms with Gasteiger partial charge in [0, 0.05) is 8.39 Å². The largest absolute Gasteiger partial charge is 0.516 e. The molecule has 2 N–H and O–H groups in total. The predicted molar refractivity (Wildman–Crippen MR) is 58.5 cm³/mol. The number of hydrogen-bond donors (Lipinski definition) is 1. The number of aryl methyl sites for hydroxylation is 2. The Morgan fingerprint density at radius 2 is 2.24 bits per heavy atom. The molecule has 0 amide bonds. The lowest BCUT2D eigenvalue weighted by atomic mass is 10.5. The Labute approximate surface area is 97.8 Å². The van der Waals surface area contributed by atoms with E-state index in [9.17, 15) is 4.79 Å². The van der Waals surface area contributed by atoms with E-state index < -0.39 is 6.16 Å². The summed E-state index contributed by atoms with van der Waals surface area (Å²) in [7, 11) is 0.951. The first-order chi connectivity index (χ1) is 8.56. The molecule has 0 aromatic carbocycles. The monoisotopic (exact) mass is 239 g/mol. The third-order valence-corrected chi connectivity index (χ3v) is 2.04. The van der Waals surface area contributed by atoms with Crippen LogP contribution in [0.25, 0.3) is 11.2 Å². The minimum atomic E-state index is -0.928. The summed E-state index contributed by atoms with van der Waals surface area (Å²) in [6.45, 7) is 1.66. The van der Waals surface area contributed by atoms with Crippen LogP contribution in [0.1, 0.15) is 7.20 Å². The highest BCUT2D eigenvalue weighted by Crippen LogP contribution is 2.22. The third-order valence-electron chi connectivity index (χ3n) is 2.04.